The van der Waals surface area contributed by atoms with Crippen molar-refractivity contribution in [1.82, 2.24) is 29.1 Å². The summed E-state index contributed by atoms with van der Waals surface area (Å²) in [6.45, 7) is 8.69. The average molecular weight is 889 g/mol. The molecule has 2 atom stereocenters. The number of nitrogens with one attached hydrogen (secondary N) is 2. The summed E-state index contributed by atoms with van der Waals surface area (Å²) >= 11 is 0. The monoisotopic (exact) mass is 889 g/mol. The predicted molar refractivity (Wildman–Crippen MR) is 254 cm³/mol. The van der Waals surface area contributed by atoms with Crippen molar-refractivity contribution in [3.63, 3.8) is 0 Å². The number of rotatable bonds is 29. The Hall–Kier alpha value is -4.48. The third-order valence-corrected chi connectivity index (χ3v) is 13.4. The van der Waals surface area contributed by atoms with Crippen molar-refractivity contribution < 1.29 is 17.6 Å². The number of aromatic amines is 2. The Balaban J connectivity index is 1.53. The normalized spacial score (nSPS) is 13.1. The van der Waals surface area contributed by atoms with E-state index in [1.54, 1.807) is 9.13 Å². The summed E-state index contributed by atoms with van der Waals surface area (Å²) in [5.41, 5.74) is 0.358. The molecule has 350 valence electrons. The first-order valence-corrected chi connectivity index (χ1v) is 25.0. The van der Waals surface area contributed by atoms with Gasteiger partial charge >= 0.3 is 0 Å². The van der Waals surface area contributed by atoms with Crippen molar-refractivity contribution in [3.05, 3.63) is 68.2 Å². The van der Waals surface area contributed by atoms with Gasteiger partial charge in [-0.15, -0.1) is 0 Å². The lowest BCUT2D eigenvalue weighted by atomic mass is 10.0. The van der Waals surface area contributed by atoms with Crippen molar-refractivity contribution >= 4 is 22.1 Å². The molecule has 0 aromatic heterocycles. The minimum Gasteiger partial charge on any atom is -0.350 e. The largest absolute Gasteiger partial charge is 0.350 e. The number of benzene rings is 2. The first kappa shape index (κ1) is 49.0. The lowest BCUT2D eigenvalue weighted by Crippen LogP contribution is -2.25. The van der Waals surface area contributed by atoms with Crippen LogP contribution in [0.1, 0.15) is 207 Å². The number of aromatic nitrogens is 6. The molecular formula is C52H72F4N6O2. The van der Waals surface area contributed by atoms with Gasteiger partial charge in [0, 0.05) is 36.3 Å². The van der Waals surface area contributed by atoms with Gasteiger partial charge in [-0.1, -0.05) is 169 Å². The maximum atomic E-state index is 15.5. The molecular weight excluding hydrogens is 817 g/mol. The highest BCUT2D eigenvalue weighted by Crippen LogP contribution is 2.41. The van der Waals surface area contributed by atoms with E-state index >= 15 is 9.59 Å². The predicted octanol–water partition coefficient (Wildman–Crippen LogP) is 15.5. The van der Waals surface area contributed by atoms with Crippen LogP contribution >= 0.6 is 0 Å². The van der Waals surface area contributed by atoms with E-state index in [9.17, 15) is 17.6 Å². The number of nitrogens with zero attached hydrogens (tertiary/aromatic N) is 4. The van der Waals surface area contributed by atoms with Crippen LogP contribution in [0.4, 0.5) is 17.6 Å². The summed E-state index contributed by atoms with van der Waals surface area (Å²) in [7, 11) is 0. The van der Waals surface area contributed by atoms with Crippen molar-refractivity contribution in [3.8, 4) is 34.2 Å². The fourth-order valence-corrected chi connectivity index (χ4v) is 9.76. The number of halogens is 4. The molecule has 6 rings (SSSR count). The number of hydrogen-bond acceptors (Lipinski definition) is 4. The Labute approximate surface area is 376 Å². The summed E-state index contributed by atoms with van der Waals surface area (Å²) < 4.78 is 62.7. The zero-order valence-corrected chi connectivity index (χ0v) is 39.0. The Kier molecular flexibility index (Phi) is 18.5. The van der Waals surface area contributed by atoms with Gasteiger partial charge in [-0.05, 0) is 25.7 Å². The summed E-state index contributed by atoms with van der Waals surface area (Å²) in [6, 6.07) is 3.56. The third-order valence-electron chi connectivity index (χ3n) is 13.4. The zero-order valence-electron chi connectivity index (χ0n) is 39.0. The zero-order chi connectivity index (χ0) is 45.6. The molecule has 0 bridgehead atoms. The molecule has 64 heavy (non-hydrogen) atoms. The van der Waals surface area contributed by atoms with Crippen molar-refractivity contribution in [2.45, 2.75) is 207 Å². The smallest absolute Gasteiger partial charge is 0.262 e. The molecule has 8 nitrogen and oxygen atoms in total. The highest BCUT2D eigenvalue weighted by Gasteiger charge is 2.36. The van der Waals surface area contributed by atoms with Crippen LogP contribution in [0, 0.1) is 23.3 Å². The first-order chi connectivity index (χ1) is 31.1. The lowest BCUT2D eigenvalue weighted by molar-refractivity contribution is 0.392. The molecule has 0 radical (unpaired) electrons. The quantitative estimate of drug-likeness (QED) is 0.0362. The number of hydrogen-bond donors (Lipinski definition) is 2. The SMILES string of the molecule is CCCCCCCCCCC(CCCCC)n1c2nc3cc(F)c(F)cc3[nH]c-2c(-c2c3[nH]c4cc(F)c(F)cc4nc-3n(C(CCCCC)CCCCCCCCCC)c2=O)c1=O. The minimum absolute atomic E-state index is 0.0543. The lowest BCUT2D eigenvalue weighted by Gasteiger charge is -2.20. The summed E-state index contributed by atoms with van der Waals surface area (Å²) in [4.78, 5) is 47.1. The van der Waals surface area contributed by atoms with Crippen molar-refractivity contribution in [2.24, 2.45) is 0 Å². The highest BCUT2D eigenvalue weighted by atomic mass is 19.2. The van der Waals surface area contributed by atoms with Gasteiger partial charge in [-0.25, -0.2) is 27.5 Å². The van der Waals surface area contributed by atoms with Crippen LogP contribution in [0.2, 0.25) is 0 Å². The van der Waals surface area contributed by atoms with Gasteiger partial charge in [-0.2, -0.15) is 0 Å². The fourth-order valence-electron chi connectivity index (χ4n) is 9.76. The second-order valence-electron chi connectivity index (χ2n) is 18.4. The van der Waals surface area contributed by atoms with Crippen molar-refractivity contribution in [2.75, 3.05) is 0 Å². The van der Waals surface area contributed by atoms with E-state index in [0.717, 1.165) is 101 Å². The van der Waals surface area contributed by atoms with Crippen LogP contribution in [0.25, 0.3) is 56.2 Å². The Morgan fingerprint density at radius 1 is 0.438 bits per heavy atom. The van der Waals surface area contributed by atoms with Crippen LogP contribution in [-0.4, -0.2) is 29.1 Å². The van der Waals surface area contributed by atoms with Crippen LogP contribution in [0.15, 0.2) is 33.9 Å². The van der Waals surface area contributed by atoms with E-state index in [1.807, 2.05) is 0 Å². The molecule has 4 aliphatic rings. The molecule has 4 aliphatic heterocycles. The van der Waals surface area contributed by atoms with Gasteiger partial charge in [-0.3, -0.25) is 18.7 Å². The minimum atomic E-state index is -1.07. The Morgan fingerprint density at radius 3 is 1.06 bits per heavy atom. The fraction of sp³-hybridized carbons (Fsp3) is 0.615. The summed E-state index contributed by atoms with van der Waals surface area (Å²) in [6.07, 6.45) is 26.6. The molecule has 0 saturated heterocycles. The van der Waals surface area contributed by atoms with Gasteiger partial charge in [0.25, 0.3) is 11.1 Å². The van der Waals surface area contributed by atoms with Crippen LogP contribution < -0.4 is 11.1 Å². The molecule has 0 fully saturated rings. The van der Waals surface area contributed by atoms with Gasteiger partial charge in [0.1, 0.15) is 0 Å². The molecule has 2 unspecified atom stereocenters. The molecule has 4 heterocycles. The molecule has 0 amide bonds. The van der Waals surface area contributed by atoms with Gasteiger partial charge in [0.05, 0.1) is 44.6 Å². The average Bonchev–Trinajstić information content (AvgIpc) is 3.70. The topological polar surface area (TPSA) is 101 Å². The van der Waals surface area contributed by atoms with E-state index in [4.69, 9.17) is 9.97 Å². The second-order valence-corrected chi connectivity index (χ2v) is 18.4. The van der Waals surface area contributed by atoms with Crippen LogP contribution in [-0.2, 0) is 0 Å². The molecule has 2 aromatic rings. The molecule has 0 spiro atoms. The third kappa shape index (κ3) is 11.7. The van der Waals surface area contributed by atoms with Gasteiger partial charge in [0.15, 0.2) is 34.9 Å². The highest BCUT2D eigenvalue weighted by molar-refractivity contribution is 5.93. The summed E-state index contributed by atoms with van der Waals surface area (Å²) in [5.74, 6) is -3.73. The molecule has 0 saturated carbocycles. The second kappa shape index (κ2) is 24.2. The van der Waals surface area contributed by atoms with E-state index in [0.29, 0.717) is 25.7 Å². The van der Waals surface area contributed by atoms with Crippen LogP contribution in [0.3, 0.4) is 0 Å². The van der Waals surface area contributed by atoms with Gasteiger partial charge < -0.3 is 9.97 Å². The van der Waals surface area contributed by atoms with E-state index in [2.05, 4.69) is 37.7 Å². The standard InChI is InChI=1S/C52H72F4N6O2/c1-5-9-13-15-17-19-21-25-29-35(27-23-11-7-3)61-49-47(57-41-31-37(53)39(55)33-43(41)59-49)45(51(61)63)46-48-50(60-44-34-40(56)38(54)32-42(44)58-48)62(52(46)64)36(28-24-12-8-4)30-26-22-20-18-16-14-10-6-2/h31-36,57-58H,5-30H2,1-4H3. The molecule has 0 aliphatic carbocycles. The Bertz CT molecular complexity index is 2280. The number of H-pyrrole nitrogens is 2. The van der Waals surface area contributed by atoms with E-state index < -0.39 is 34.4 Å². The molecule has 2 aromatic carbocycles. The van der Waals surface area contributed by atoms with Gasteiger partial charge in [0.2, 0.25) is 0 Å². The Morgan fingerprint density at radius 2 is 0.719 bits per heavy atom. The van der Waals surface area contributed by atoms with Crippen LogP contribution in [0.5, 0.6) is 0 Å². The number of unbranched alkanes of at least 4 members (excludes halogenated alkanes) is 18. The molecule has 2 N–H and O–H groups in total. The maximum absolute atomic E-state index is 15.5. The van der Waals surface area contributed by atoms with E-state index in [1.165, 1.54) is 64.2 Å². The molecule has 12 heteroatoms. The number of fused-ring (bicyclic) bond motifs is 4. The summed E-state index contributed by atoms with van der Waals surface area (Å²) in [5, 5.41) is 0. The maximum Gasteiger partial charge on any atom is 0.262 e. The van der Waals surface area contributed by atoms with E-state index in [-0.39, 0.29) is 68.3 Å². The van der Waals surface area contributed by atoms with Crippen molar-refractivity contribution in [1.29, 1.82) is 0 Å². The first-order valence-electron chi connectivity index (χ1n) is 25.0.